The van der Waals surface area contributed by atoms with Crippen LogP contribution in [0.1, 0.15) is 27.9 Å². The van der Waals surface area contributed by atoms with Gasteiger partial charge in [-0.15, -0.1) is 0 Å². The topological polar surface area (TPSA) is 56.7 Å². The maximum Gasteiger partial charge on any atom is 0.274 e. The van der Waals surface area contributed by atoms with Gasteiger partial charge in [-0.1, -0.05) is 24.3 Å². The number of aryl methyl sites for hydroxylation is 1. The van der Waals surface area contributed by atoms with Crippen LogP contribution in [0.4, 0.5) is 5.69 Å². The van der Waals surface area contributed by atoms with Crippen LogP contribution < -0.4 is 9.47 Å². The average molecular weight is 468 g/mol. The molecule has 2 unspecified atom stereocenters. The fourth-order valence-corrected chi connectivity index (χ4v) is 4.79. The molecule has 2 atom stereocenters. The Morgan fingerprint density at radius 1 is 1.30 bits per heavy atom. The summed E-state index contributed by atoms with van der Waals surface area (Å²) >= 11 is 6.17. The highest BCUT2D eigenvalue weighted by molar-refractivity contribution is 6.28. The quantitative estimate of drug-likeness (QED) is 0.191. The fourth-order valence-electron chi connectivity index (χ4n) is 4.68. The molecule has 1 N–H and O–H groups in total. The van der Waals surface area contributed by atoms with Gasteiger partial charge in [-0.05, 0) is 34.7 Å². The standard InChI is InChI=1S/C26H30ClN3O3/c1-28-14-18(8-9-25(28)27)12-19-13-20(15-31)26(22-7-5-4-6-21(19)22)30(3)17-29(2)23-10-11-33-16-24(23)32/h4-9,13-15,23-24,32H,2,10-12,16-17H2,1,3H3/q+2. The molecule has 7 heteroatoms. The summed E-state index contributed by atoms with van der Waals surface area (Å²) in [5.41, 5.74) is 3.69. The minimum atomic E-state index is -0.574. The van der Waals surface area contributed by atoms with E-state index in [1.807, 2.05) is 64.7 Å². The number of pyridine rings is 1. The summed E-state index contributed by atoms with van der Waals surface area (Å²) in [5.74, 6) is 0. The van der Waals surface area contributed by atoms with Crippen LogP contribution in [0.3, 0.4) is 0 Å². The first kappa shape index (κ1) is 23.4. The monoisotopic (exact) mass is 467 g/mol. The molecular weight excluding hydrogens is 438 g/mol. The largest absolute Gasteiger partial charge is 0.384 e. The Morgan fingerprint density at radius 2 is 2.06 bits per heavy atom. The zero-order valence-electron chi connectivity index (χ0n) is 19.1. The van der Waals surface area contributed by atoms with E-state index < -0.39 is 6.10 Å². The lowest BCUT2D eigenvalue weighted by Crippen LogP contribution is -2.47. The molecule has 0 saturated carbocycles. The Kier molecular flexibility index (Phi) is 7.08. The molecule has 0 aliphatic carbocycles. The first-order chi connectivity index (χ1) is 15.9. The lowest BCUT2D eigenvalue weighted by molar-refractivity contribution is -0.669. The van der Waals surface area contributed by atoms with E-state index in [2.05, 4.69) is 18.9 Å². The van der Waals surface area contributed by atoms with Crippen LogP contribution in [0.2, 0.25) is 5.15 Å². The number of aliphatic hydroxyl groups is 1. The van der Waals surface area contributed by atoms with Crippen molar-refractivity contribution in [3.05, 3.63) is 70.5 Å². The van der Waals surface area contributed by atoms with Crippen molar-refractivity contribution >= 4 is 41.1 Å². The molecular formula is C26H30ClN3O3+2. The molecule has 1 aromatic heterocycles. The number of fused-ring (bicyclic) bond motifs is 1. The first-order valence-corrected chi connectivity index (χ1v) is 11.4. The van der Waals surface area contributed by atoms with Crippen LogP contribution in [-0.4, -0.2) is 61.8 Å². The number of aliphatic hydroxyl groups excluding tert-OH is 1. The van der Waals surface area contributed by atoms with Gasteiger partial charge in [-0.3, -0.25) is 4.79 Å². The number of carbonyl (C=O) groups excluding carboxylic acids is 1. The minimum absolute atomic E-state index is 0.0861. The zero-order chi connectivity index (χ0) is 23.5. The normalized spacial score (nSPS) is 18.3. The van der Waals surface area contributed by atoms with Crippen molar-refractivity contribution in [1.82, 2.24) is 0 Å². The number of aromatic nitrogens is 1. The zero-order valence-corrected chi connectivity index (χ0v) is 19.8. The maximum atomic E-state index is 12.2. The van der Waals surface area contributed by atoms with E-state index in [1.54, 1.807) is 0 Å². The maximum absolute atomic E-state index is 12.2. The van der Waals surface area contributed by atoms with Crippen LogP contribution in [0.25, 0.3) is 10.8 Å². The highest BCUT2D eigenvalue weighted by atomic mass is 35.5. The van der Waals surface area contributed by atoms with Gasteiger partial charge >= 0.3 is 0 Å². The third-order valence-corrected chi connectivity index (χ3v) is 6.71. The molecule has 0 spiro atoms. The molecule has 1 fully saturated rings. The van der Waals surface area contributed by atoms with Gasteiger partial charge in [0.05, 0.1) is 18.9 Å². The minimum Gasteiger partial charge on any atom is -0.384 e. The van der Waals surface area contributed by atoms with Crippen molar-refractivity contribution in [2.45, 2.75) is 25.0 Å². The number of halogens is 1. The molecule has 0 radical (unpaired) electrons. The van der Waals surface area contributed by atoms with Gasteiger partial charge in [0.15, 0.2) is 18.5 Å². The summed E-state index contributed by atoms with van der Waals surface area (Å²) in [5, 5.41) is 13.1. The average Bonchev–Trinajstić information content (AvgIpc) is 2.81. The summed E-state index contributed by atoms with van der Waals surface area (Å²) in [6, 6.07) is 13.9. The molecule has 1 saturated heterocycles. The van der Waals surface area contributed by atoms with Gasteiger partial charge in [0.25, 0.3) is 5.15 Å². The van der Waals surface area contributed by atoms with E-state index in [9.17, 15) is 9.90 Å². The SMILES string of the molecule is C=[N+](CN(C)c1c(C=O)cc(Cc2ccc(Cl)[n+](C)c2)c2ccccc12)C1CCOCC1O. The molecule has 0 bridgehead atoms. The summed E-state index contributed by atoms with van der Waals surface area (Å²) in [6.07, 6.45) is 3.76. The molecule has 1 aliphatic rings. The van der Waals surface area contributed by atoms with Crippen molar-refractivity contribution in [3.8, 4) is 0 Å². The lowest BCUT2D eigenvalue weighted by Gasteiger charge is -2.28. The molecule has 33 heavy (non-hydrogen) atoms. The van der Waals surface area contributed by atoms with E-state index >= 15 is 0 Å². The molecule has 2 heterocycles. The molecule has 4 rings (SSSR count). The molecule has 0 amide bonds. The number of hydrogen-bond acceptors (Lipinski definition) is 4. The van der Waals surface area contributed by atoms with E-state index in [0.29, 0.717) is 37.0 Å². The molecule has 1 aliphatic heterocycles. The Labute approximate surface area is 199 Å². The molecule has 172 valence electrons. The predicted molar refractivity (Wildman–Crippen MR) is 131 cm³/mol. The highest BCUT2D eigenvalue weighted by Gasteiger charge is 2.32. The Morgan fingerprint density at radius 3 is 2.76 bits per heavy atom. The molecule has 3 aromatic rings. The number of rotatable bonds is 7. The van der Waals surface area contributed by atoms with E-state index in [4.69, 9.17) is 16.3 Å². The van der Waals surface area contributed by atoms with E-state index in [-0.39, 0.29) is 6.04 Å². The van der Waals surface area contributed by atoms with Crippen LogP contribution in [0.15, 0.2) is 48.7 Å². The highest BCUT2D eigenvalue weighted by Crippen LogP contribution is 2.33. The number of carbonyl (C=O) groups is 1. The fraction of sp³-hybridized carbons (Fsp3) is 0.346. The van der Waals surface area contributed by atoms with Crippen molar-refractivity contribution in [2.75, 3.05) is 31.8 Å². The number of hydrogen-bond donors (Lipinski definition) is 1. The van der Waals surface area contributed by atoms with E-state index in [0.717, 1.165) is 40.3 Å². The van der Waals surface area contributed by atoms with Crippen LogP contribution in [0, 0.1) is 0 Å². The van der Waals surface area contributed by atoms with Crippen LogP contribution >= 0.6 is 11.6 Å². The Balaban J connectivity index is 1.70. The van der Waals surface area contributed by atoms with Crippen molar-refractivity contribution in [2.24, 2.45) is 7.05 Å². The second-order valence-corrected chi connectivity index (χ2v) is 9.10. The van der Waals surface area contributed by atoms with Crippen molar-refractivity contribution in [3.63, 3.8) is 0 Å². The molecule has 2 aromatic carbocycles. The van der Waals surface area contributed by atoms with E-state index in [1.165, 1.54) is 0 Å². The third-order valence-electron chi connectivity index (χ3n) is 6.32. The van der Waals surface area contributed by atoms with Gasteiger partial charge in [-0.2, -0.15) is 4.57 Å². The first-order valence-electron chi connectivity index (χ1n) is 11.1. The lowest BCUT2D eigenvalue weighted by atomic mass is 9.94. The third kappa shape index (κ3) is 4.93. The number of nitrogens with zero attached hydrogens (tertiary/aromatic N) is 3. The molecule has 6 nitrogen and oxygen atoms in total. The smallest absolute Gasteiger partial charge is 0.274 e. The van der Waals surface area contributed by atoms with Crippen molar-refractivity contribution in [1.29, 1.82) is 0 Å². The predicted octanol–water partition coefficient (Wildman–Crippen LogP) is 2.98. The second-order valence-electron chi connectivity index (χ2n) is 8.71. The van der Waals surface area contributed by atoms with Crippen LogP contribution in [0.5, 0.6) is 0 Å². The van der Waals surface area contributed by atoms with Gasteiger partial charge in [0.1, 0.15) is 19.9 Å². The van der Waals surface area contributed by atoms with Gasteiger partial charge in [0, 0.05) is 42.5 Å². The van der Waals surface area contributed by atoms with Gasteiger partial charge in [0.2, 0.25) is 6.67 Å². The second kappa shape index (κ2) is 10.00. The van der Waals surface area contributed by atoms with Crippen LogP contribution in [-0.2, 0) is 18.2 Å². The number of anilines is 1. The number of aldehydes is 1. The van der Waals surface area contributed by atoms with Crippen molar-refractivity contribution < 1.29 is 23.8 Å². The summed E-state index contributed by atoms with van der Waals surface area (Å²) < 4.78 is 9.12. The Bertz CT molecular complexity index is 1200. The summed E-state index contributed by atoms with van der Waals surface area (Å²) in [6.45, 7) is 5.58. The Hall–Kier alpha value is -2.80. The number of benzene rings is 2. The van der Waals surface area contributed by atoms with Gasteiger partial charge in [-0.25, -0.2) is 4.58 Å². The summed E-state index contributed by atoms with van der Waals surface area (Å²) in [4.78, 5) is 14.2. The summed E-state index contributed by atoms with van der Waals surface area (Å²) in [7, 11) is 3.87. The number of ether oxygens (including phenoxy) is 1. The van der Waals surface area contributed by atoms with Gasteiger partial charge < -0.3 is 14.7 Å².